The summed E-state index contributed by atoms with van der Waals surface area (Å²) in [4.78, 5) is 19.2. The van der Waals surface area contributed by atoms with E-state index in [1.807, 2.05) is 6.20 Å². The molecule has 1 amide bonds. The number of piperidine rings is 1. The Kier molecular flexibility index (Phi) is 5.74. The highest BCUT2D eigenvalue weighted by atomic mass is 79.9. The molecule has 1 saturated heterocycles. The average molecular weight is 402 g/mol. The number of carbonyl (C=O) groups is 1. The second-order valence-electron chi connectivity index (χ2n) is 6.76. The number of anilines is 1. The van der Waals surface area contributed by atoms with Gasteiger partial charge in [0, 0.05) is 36.2 Å². The molecule has 0 saturated carbocycles. The van der Waals surface area contributed by atoms with E-state index in [-0.39, 0.29) is 11.8 Å². The molecule has 132 valence electrons. The van der Waals surface area contributed by atoms with Gasteiger partial charge in [-0.25, -0.2) is 4.98 Å². The molecule has 0 spiro atoms. The van der Waals surface area contributed by atoms with Gasteiger partial charge in [0.1, 0.15) is 5.82 Å². The highest BCUT2D eigenvalue weighted by Crippen LogP contribution is 2.25. The summed E-state index contributed by atoms with van der Waals surface area (Å²) in [6, 6.07) is 10.4. The number of halogens is 1. The van der Waals surface area contributed by atoms with Gasteiger partial charge in [-0.1, -0.05) is 29.8 Å². The quantitative estimate of drug-likeness (QED) is 0.841. The van der Waals surface area contributed by atoms with Gasteiger partial charge in [-0.3, -0.25) is 4.79 Å². The Balaban J connectivity index is 1.50. The molecule has 0 bridgehead atoms. The van der Waals surface area contributed by atoms with Crippen LogP contribution in [0.15, 0.2) is 41.0 Å². The number of nitrogens with zero attached hydrogens (tertiary/aromatic N) is 2. The van der Waals surface area contributed by atoms with Crippen LogP contribution < -0.4 is 10.2 Å². The number of benzene rings is 1. The molecule has 3 rings (SSSR count). The summed E-state index contributed by atoms with van der Waals surface area (Å²) in [6.45, 7) is 6.48. The molecule has 2 aromatic rings. The Hall–Kier alpha value is -1.88. The molecule has 0 radical (unpaired) electrons. The van der Waals surface area contributed by atoms with Crippen LogP contribution in [0, 0.1) is 19.8 Å². The van der Waals surface area contributed by atoms with E-state index in [2.05, 4.69) is 75.3 Å². The van der Waals surface area contributed by atoms with Gasteiger partial charge < -0.3 is 10.2 Å². The number of hydrogen-bond donors (Lipinski definition) is 1. The third-order valence-electron chi connectivity index (χ3n) is 4.81. The zero-order chi connectivity index (χ0) is 17.8. The average Bonchev–Trinajstić information content (AvgIpc) is 2.63. The largest absolute Gasteiger partial charge is 0.357 e. The number of carbonyl (C=O) groups excluding carboxylic acids is 1. The molecule has 1 fully saturated rings. The van der Waals surface area contributed by atoms with Crippen LogP contribution in [0.3, 0.4) is 0 Å². The molecular weight excluding hydrogens is 378 g/mol. The van der Waals surface area contributed by atoms with E-state index in [0.717, 1.165) is 41.8 Å². The first kappa shape index (κ1) is 17.9. The van der Waals surface area contributed by atoms with Crippen molar-refractivity contribution < 1.29 is 4.79 Å². The van der Waals surface area contributed by atoms with Gasteiger partial charge in [-0.2, -0.15) is 0 Å². The van der Waals surface area contributed by atoms with Crippen molar-refractivity contribution in [3.8, 4) is 0 Å². The predicted molar refractivity (Wildman–Crippen MR) is 105 cm³/mol. The van der Waals surface area contributed by atoms with E-state index in [1.54, 1.807) is 0 Å². The van der Waals surface area contributed by atoms with Gasteiger partial charge in [0.15, 0.2) is 0 Å². The smallest absolute Gasteiger partial charge is 0.223 e. The standard InChI is InChI=1S/C20H24BrN3O/c1-14-3-5-16(6-4-14)12-23-20(25)17-7-9-24(10-8-17)19-11-15(2)18(21)13-22-19/h3-6,11,13,17H,7-10,12H2,1-2H3,(H,23,25). The van der Waals surface area contributed by atoms with Crippen molar-refractivity contribution in [2.75, 3.05) is 18.0 Å². The molecular formula is C20H24BrN3O. The lowest BCUT2D eigenvalue weighted by molar-refractivity contribution is -0.125. The minimum Gasteiger partial charge on any atom is -0.357 e. The van der Waals surface area contributed by atoms with Crippen molar-refractivity contribution in [3.63, 3.8) is 0 Å². The molecule has 0 aliphatic carbocycles. The highest BCUT2D eigenvalue weighted by molar-refractivity contribution is 9.10. The zero-order valence-corrected chi connectivity index (χ0v) is 16.3. The molecule has 5 heteroatoms. The second-order valence-corrected chi connectivity index (χ2v) is 7.61. The zero-order valence-electron chi connectivity index (χ0n) is 14.8. The number of aromatic nitrogens is 1. The van der Waals surface area contributed by atoms with E-state index in [4.69, 9.17) is 0 Å². The van der Waals surface area contributed by atoms with Crippen molar-refractivity contribution in [2.24, 2.45) is 5.92 Å². The Morgan fingerprint density at radius 3 is 2.56 bits per heavy atom. The molecule has 1 aromatic heterocycles. The van der Waals surface area contributed by atoms with Gasteiger partial charge in [0.05, 0.1) is 0 Å². The first-order valence-corrected chi connectivity index (χ1v) is 9.52. The minimum atomic E-state index is 0.0956. The molecule has 0 atom stereocenters. The minimum absolute atomic E-state index is 0.0956. The fourth-order valence-electron chi connectivity index (χ4n) is 3.11. The number of hydrogen-bond acceptors (Lipinski definition) is 3. The van der Waals surface area contributed by atoms with Gasteiger partial charge in [-0.05, 0) is 59.8 Å². The predicted octanol–water partition coefficient (Wildman–Crippen LogP) is 3.99. The maximum absolute atomic E-state index is 12.4. The van der Waals surface area contributed by atoms with E-state index in [1.165, 1.54) is 11.1 Å². The summed E-state index contributed by atoms with van der Waals surface area (Å²) in [6.07, 6.45) is 3.60. The lowest BCUT2D eigenvalue weighted by Crippen LogP contribution is -2.40. The Morgan fingerprint density at radius 2 is 1.92 bits per heavy atom. The third kappa shape index (κ3) is 4.60. The van der Waals surface area contributed by atoms with Crippen LogP contribution in [0.25, 0.3) is 0 Å². The fourth-order valence-corrected chi connectivity index (χ4v) is 3.32. The van der Waals surface area contributed by atoms with E-state index < -0.39 is 0 Å². The van der Waals surface area contributed by atoms with Crippen molar-refractivity contribution in [1.82, 2.24) is 10.3 Å². The Morgan fingerprint density at radius 1 is 1.24 bits per heavy atom. The fraction of sp³-hybridized carbons (Fsp3) is 0.400. The van der Waals surface area contributed by atoms with Crippen LogP contribution in [0.5, 0.6) is 0 Å². The van der Waals surface area contributed by atoms with Gasteiger partial charge in [0.2, 0.25) is 5.91 Å². The number of aryl methyl sites for hydroxylation is 2. The maximum Gasteiger partial charge on any atom is 0.223 e. The topological polar surface area (TPSA) is 45.2 Å². The molecule has 25 heavy (non-hydrogen) atoms. The van der Waals surface area contributed by atoms with E-state index >= 15 is 0 Å². The van der Waals surface area contributed by atoms with Gasteiger partial charge >= 0.3 is 0 Å². The van der Waals surface area contributed by atoms with E-state index in [9.17, 15) is 4.79 Å². The summed E-state index contributed by atoms with van der Waals surface area (Å²) in [5.74, 6) is 1.26. The van der Waals surface area contributed by atoms with E-state index in [0.29, 0.717) is 6.54 Å². The maximum atomic E-state index is 12.4. The molecule has 4 nitrogen and oxygen atoms in total. The number of nitrogens with one attached hydrogen (secondary N) is 1. The van der Waals surface area contributed by atoms with Crippen molar-refractivity contribution in [1.29, 1.82) is 0 Å². The lowest BCUT2D eigenvalue weighted by Gasteiger charge is -2.32. The number of rotatable bonds is 4. The first-order valence-electron chi connectivity index (χ1n) is 8.73. The second kappa shape index (κ2) is 8.00. The number of amides is 1. The van der Waals surface area contributed by atoms with Crippen LogP contribution in [0.1, 0.15) is 29.5 Å². The molecule has 1 aliphatic rings. The van der Waals surface area contributed by atoms with Crippen molar-refractivity contribution >= 4 is 27.7 Å². The van der Waals surface area contributed by atoms with Crippen LogP contribution in [0.2, 0.25) is 0 Å². The van der Waals surface area contributed by atoms with Crippen LogP contribution in [-0.4, -0.2) is 24.0 Å². The summed E-state index contributed by atoms with van der Waals surface area (Å²) in [7, 11) is 0. The van der Waals surface area contributed by atoms with Crippen LogP contribution >= 0.6 is 15.9 Å². The summed E-state index contributed by atoms with van der Waals surface area (Å²) < 4.78 is 1.03. The van der Waals surface area contributed by atoms with Gasteiger partial charge in [0.25, 0.3) is 0 Å². The number of pyridine rings is 1. The molecule has 1 aromatic carbocycles. The molecule has 2 heterocycles. The molecule has 1 N–H and O–H groups in total. The summed E-state index contributed by atoms with van der Waals surface area (Å²) in [5.41, 5.74) is 3.56. The SMILES string of the molecule is Cc1ccc(CNC(=O)C2CCN(c3cc(C)c(Br)cn3)CC2)cc1. The lowest BCUT2D eigenvalue weighted by atomic mass is 9.95. The first-order chi connectivity index (χ1) is 12.0. The van der Waals surface area contributed by atoms with Crippen molar-refractivity contribution in [3.05, 3.63) is 57.7 Å². The normalized spacial score (nSPS) is 15.2. The summed E-state index contributed by atoms with van der Waals surface area (Å²) >= 11 is 3.49. The highest BCUT2D eigenvalue weighted by Gasteiger charge is 2.25. The third-order valence-corrected chi connectivity index (χ3v) is 5.64. The Labute approximate surface area is 157 Å². The van der Waals surface area contributed by atoms with Crippen LogP contribution in [-0.2, 0) is 11.3 Å². The van der Waals surface area contributed by atoms with Crippen molar-refractivity contribution in [2.45, 2.75) is 33.2 Å². The Bertz CT molecular complexity index is 737. The summed E-state index contributed by atoms with van der Waals surface area (Å²) in [5, 5.41) is 3.08. The molecule has 0 unspecified atom stereocenters. The monoisotopic (exact) mass is 401 g/mol. The molecule has 1 aliphatic heterocycles. The van der Waals surface area contributed by atoms with Gasteiger partial charge in [-0.15, -0.1) is 0 Å². The van der Waals surface area contributed by atoms with Crippen LogP contribution in [0.4, 0.5) is 5.82 Å².